The molecule has 0 aliphatic carbocycles. The van der Waals surface area contributed by atoms with Crippen molar-refractivity contribution >= 4 is 69.5 Å². The molecule has 2 aliphatic rings. The minimum Gasteiger partial charge on any atom is -0.489 e. The summed E-state index contributed by atoms with van der Waals surface area (Å²) in [4.78, 5) is 55.5. The van der Waals surface area contributed by atoms with E-state index in [9.17, 15) is 37.6 Å². The van der Waals surface area contributed by atoms with E-state index in [0.717, 1.165) is 11.0 Å². The molecule has 0 spiro atoms. The predicted octanol–water partition coefficient (Wildman–Crippen LogP) is 5.96. The van der Waals surface area contributed by atoms with E-state index in [-0.39, 0.29) is 59.9 Å². The Labute approximate surface area is 348 Å². The van der Waals surface area contributed by atoms with Crippen molar-refractivity contribution in [1.29, 1.82) is 5.26 Å². The highest BCUT2D eigenvalue weighted by Gasteiger charge is 2.36. The van der Waals surface area contributed by atoms with Crippen molar-refractivity contribution in [2.45, 2.75) is 57.7 Å². The number of fused-ring (bicyclic) bond motifs is 1. The molecule has 4 aromatic rings. The summed E-state index contributed by atoms with van der Waals surface area (Å²) in [5, 5.41) is 18.9. The standard InChI is InChI=1S/C41H42F4N8O6S/c1-40(2,3)53(39(60)52(24-54)27-6-4-25(23-46)31(21-27)41(43,44)45)28-7-10-33(32(42)22-28)58-19-18-51-16-14-50(15-17-51)13-12-36(56)47-26-5-8-29-34(20-26)59-49-37(29)30-9-11-35(55)48-38(30)57/h4-8,10,20-22,24,30H,9,11-19H2,1-3H3,(H,47,56)(H,48,55,57). The van der Waals surface area contributed by atoms with Crippen LogP contribution in [0.1, 0.15) is 62.8 Å². The van der Waals surface area contributed by atoms with E-state index in [1.807, 2.05) is 0 Å². The van der Waals surface area contributed by atoms with Crippen LogP contribution in [-0.4, -0.2) is 95.6 Å². The second kappa shape index (κ2) is 18.1. The van der Waals surface area contributed by atoms with Crippen molar-refractivity contribution in [1.82, 2.24) is 20.3 Å². The Hall–Kier alpha value is -5.97. The molecule has 2 aliphatic heterocycles. The SMILES string of the molecule is CC(C)(C)N(C(=S)N(C=O)c1ccc(C#N)c(C(F)(F)F)c1)c1ccc(OCCN2CCN(CCC(=O)Nc3ccc4c(C5CCC(=O)NC5=O)noc4c3)CC2)c(F)c1. The molecule has 1 unspecified atom stereocenters. The molecule has 2 fully saturated rings. The summed E-state index contributed by atoms with van der Waals surface area (Å²) in [6, 6.07) is 13.6. The molecule has 2 saturated heterocycles. The van der Waals surface area contributed by atoms with Gasteiger partial charge in [0.2, 0.25) is 24.1 Å². The fourth-order valence-corrected chi connectivity index (χ4v) is 7.64. The van der Waals surface area contributed by atoms with Gasteiger partial charge in [-0.25, -0.2) is 4.39 Å². The van der Waals surface area contributed by atoms with Gasteiger partial charge in [-0.2, -0.15) is 18.4 Å². The minimum absolute atomic E-state index is 0.0189. The molecule has 3 aromatic carbocycles. The van der Waals surface area contributed by atoms with E-state index in [1.165, 1.54) is 29.2 Å². The number of piperidine rings is 1. The van der Waals surface area contributed by atoms with Gasteiger partial charge in [0, 0.05) is 86.5 Å². The van der Waals surface area contributed by atoms with Crippen LogP contribution in [0.15, 0.2) is 59.1 Å². The average Bonchev–Trinajstić information content (AvgIpc) is 3.60. The lowest BCUT2D eigenvalue weighted by Gasteiger charge is -2.40. The third-order valence-corrected chi connectivity index (χ3v) is 10.6. The highest BCUT2D eigenvalue weighted by molar-refractivity contribution is 7.81. The largest absolute Gasteiger partial charge is 0.489 e. The number of aromatic nitrogens is 1. The first-order chi connectivity index (χ1) is 28.5. The lowest BCUT2D eigenvalue weighted by Crippen LogP contribution is -2.52. The van der Waals surface area contributed by atoms with E-state index < -0.39 is 40.5 Å². The molecule has 2 N–H and O–H groups in total. The van der Waals surface area contributed by atoms with E-state index in [1.54, 1.807) is 45.0 Å². The summed E-state index contributed by atoms with van der Waals surface area (Å²) in [6.07, 6.45) is -3.77. The Morgan fingerprint density at radius 1 is 1.05 bits per heavy atom. The number of thiocarbonyl (C=S) groups is 1. The molecule has 1 aromatic heterocycles. The molecule has 1 atom stereocenters. The second-order valence-electron chi connectivity index (χ2n) is 15.3. The normalized spacial score (nSPS) is 16.5. The molecule has 0 saturated carbocycles. The fourth-order valence-electron chi connectivity index (χ4n) is 7.11. The zero-order valence-corrected chi connectivity index (χ0v) is 33.8. The van der Waals surface area contributed by atoms with Gasteiger partial charge in [0.05, 0.1) is 28.8 Å². The number of amides is 4. The number of rotatable bonds is 12. The summed E-state index contributed by atoms with van der Waals surface area (Å²) < 4.78 is 67.8. The molecule has 6 rings (SSSR count). The maximum atomic E-state index is 15.5. The van der Waals surface area contributed by atoms with E-state index in [0.29, 0.717) is 74.1 Å². The molecule has 60 heavy (non-hydrogen) atoms. The number of alkyl halides is 3. The van der Waals surface area contributed by atoms with Crippen LogP contribution in [0.3, 0.4) is 0 Å². The van der Waals surface area contributed by atoms with Crippen LogP contribution in [0.5, 0.6) is 5.75 Å². The summed E-state index contributed by atoms with van der Waals surface area (Å²) in [7, 11) is 0. The number of ether oxygens (including phenoxy) is 1. The molecular weight excluding hydrogens is 809 g/mol. The van der Waals surface area contributed by atoms with Crippen LogP contribution in [0, 0.1) is 17.1 Å². The van der Waals surface area contributed by atoms with Crippen molar-refractivity contribution in [3.8, 4) is 11.8 Å². The molecule has 0 radical (unpaired) electrons. The van der Waals surface area contributed by atoms with Gasteiger partial charge < -0.3 is 24.4 Å². The summed E-state index contributed by atoms with van der Waals surface area (Å²) in [5.41, 5.74) is -1.28. The zero-order chi connectivity index (χ0) is 43.4. The lowest BCUT2D eigenvalue weighted by atomic mass is 9.93. The maximum Gasteiger partial charge on any atom is 0.417 e. The van der Waals surface area contributed by atoms with E-state index in [2.05, 4.69) is 25.6 Å². The number of nitrogens with one attached hydrogen (secondary N) is 2. The molecule has 14 nitrogen and oxygen atoms in total. The van der Waals surface area contributed by atoms with Crippen LogP contribution in [0.25, 0.3) is 11.0 Å². The number of hydrogen-bond acceptors (Lipinski definition) is 11. The molecule has 0 bridgehead atoms. The Balaban J connectivity index is 0.967. The smallest absolute Gasteiger partial charge is 0.417 e. The monoisotopic (exact) mass is 850 g/mol. The molecule has 4 amide bonds. The van der Waals surface area contributed by atoms with Crippen LogP contribution >= 0.6 is 12.2 Å². The Morgan fingerprint density at radius 3 is 2.38 bits per heavy atom. The van der Waals surface area contributed by atoms with Crippen LogP contribution in [0.2, 0.25) is 0 Å². The number of halogens is 4. The van der Waals surface area contributed by atoms with Gasteiger partial charge in [0.1, 0.15) is 12.3 Å². The summed E-state index contributed by atoms with van der Waals surface area (Å²) in [6.45, 7) is 9.30. The van der Waals surface area contributed by atoms with E-state index in [4.69, 9.17) is 21.5 Å². The van der Waals surface area contributed by atoms with Crippen molar-refractivity contribution in [2.75, 3.05) is 61.0 Å². The van der Waals surface area contributed by atoms with E-state index >= 15 is 4.39 Å². The van der Waals surface area contributed by atoms with Crippen molar-refractivity contribution in [2.24, 2.45) is 0 Å². The van der Waals surface area contributed by atoms with Crippen molar-refractivity contribution < 1.29 is 46.0 Å². The number of imide groups is 1. The highest BCUT2D eigenvalue weighted by Crippen LogP contribution is 2.36. The Bertz CT molecular complexity index is 2330. The molecule has 3 heterocycles. The molecule has 316 valence electrons. The summed E-state index contributed by atoms with van der Waals surface area (Å²) in [5.74, 6) is -2.22. The van der Waals surface area contributed by atoms with Gasteiger partial charge in [-0.05, 0) is 81.9 Å². The highest BCUT2D eigenvalue weighted by atomic mass is 32.1. The lowest BCUT2D eigenvalue weighted by molar-refractivity contribution is -0.138. The number of nitrogens with zero attached hydrogens (tertiary/aromatic N) is 6. The third kappa shape index (κ3) is 10.1. The minimum atomic E-state index is -4.86. The number of anilines is 3. The Kier molecular flexibility index (Phi) is 13.2. The number of nitriles is 1. The fraction of sp³-hybridized carbons (Fsp3) is 0.390. The van der Waals surface area contributed by atoms with Crippen molar-refractivity contribution in [3.05, 3.63) is 77.2 Å². The Morgan fingerprint density at radius 2 is 1.75 bits per heavy atom. The van der Waals surface area contributed by atoms with Crippen LogP contribution < -0.4 is 25.2 Å². The van der Waals surface area contributed by atoms with Crippen LogP contribution in [0.4, 0.5) is 34.6 Å². The van der Waals surface area contributed by atoms with Gasteiger partial charge in [0.15, 0.2) is 22.3 Å². The predicted molar refractivity (Wildman–Crippen MR) is 217 cm³/mol. The molecule has 19 heteroatoms. The molecular formula is C41H42F4N8O6S. The van der Waals surface area contributed by atoms with Crippen LogP contribution in [-0.2, 0) is 25.4 Å². The summed E-state index contributed by atoms with van der Waals surface area (Å²) >= 11 is 5.60. The first kappa shape index (κ1) is 43.6. The quantitative estimate of drug-likeness (QED) is 0.0746. The number of hydrogen-bond donors (Lipinski definition) is 2. The van der Waals surface area contributed by atoms with Gasteiger partial charge >= 0.3 is 6.18 Å². The zero-order valence-electron chi connectivity index (χ0n) is 33.0. The maximum absolute atomic E-state index is 15.5. The first-order valence-electron chi connectivity index (χ1n) is 19.1. The third-order valence-electron chi connectivity index (χ3n) is 10.2. The van der Waals surface area contributed by atoms with Gasteiger partial charge in [-0.15, -0.1) is 0 Å². The second-order valence-corrected chi connectivity index (χ2v) is 15.7. The number of carbonyl (C=O) groups is 4. The van der Waals surface area contributed by atoms with Gasteiger partial charge in [0.25, 0.3) is 0 Å². The van der Waals surface area contributed by atoms with Gasteiger partial charge in [-0.1, -0.05) is 5.16 Å². The van der Waals surface area contributed by atoms with Crippen molar-refractivity contribution in [3.63, 3.8) is 0 Å². The number of piperazine rings is 1. The topological polar surface area (TPSA) is 164 Å². The van der Waals surface area contributed by atoms with Gasteiger partial charge in [-0.3, -0.25) is 34.3 Å². The number of carbonyl (C=O) groups excluding carboxylic acids is 4. The average molecular weight is 851 g/mol. The number of benzene rings is 3. The first-order valence-corrected chi connectivity index (χ1v) is 19.5.